The number of carbonyl (C=O) groups is 1. The molecule has 8 bridgehead atoms. The van der Waals surface area contributed by atoms with Gasteiger partial charge >= 0.3 is 0 Å². The van der Waals surface area contributed by atoms with Crippen LogP contribution in [0.15, 0.2) is 53.4 Å². The molecule has 3 N–H and O–H groups in total. The van der Waals surface area contributed by atoms with Crippen LogP contribution < -0.4 is 5.32 Å². The molecule has 6 rings (SSSR count). The Kier molecular flexibility index (Phi) is 12.7. The first-order valence-electron chi connectivity index (χ1n) is 19.2. The van der Waals surface area contributed by atoms with Gasteiger partial charge in [-0.05, 0) is 123 Å². The topological polar surface area (TPSA) is 86.5 Å². The van der Waals surface area contributed by atoms with Gasteiger partial charge in [0, 0.05) is 55.8 Å². The molecule has 1 amide bonds. The Morgan fingerprint density at radius 3 is 1.47 bits per heavy atom. The maximum absolute atomic E-state index is 12.3. The molecule has 3 aromatic heterocycles. The van der Waals surface area contributed by atoms with Gasteiger partial charge in [0.2, 0.25) is 0 Å². The molecule has 4 aromatic rings. The lowest BCUT2D eigenvalue weighted by molar-refractivity contribution is 0.261. The number of carbonyl (C=O) groups excluding carboxylic acids is 1. The van der Waals surface area contributed by atoms with Gasteiger partial charge in [-0.3, -0.25) is 4.79 Å². The summed E-state index contributed by atoms with van der Waals surface area (Å²) in [6.45, 7) is 9.33. The van der Waals surface area contributed by atoms with E-state index in [2.05, 4.69) is 96.8 Å². The van der Waals surface area contributed by atoms with E-state index in [0.717, 1.165) is 99.4 Å². The maximum atomic E-state index is 12.3. The Labute approximate surface area is 307 Å². The second-order valence-electron chi connectivity index (χ2n) is 13.6. The summed E-state index contributed by atoms with van der Waals surface area (Å²) in [5, 5.41) is 2.84. The summed E-state index contributed by atoms with van der Waals surface area (Å²) in [6.07, 6.45) is 22.2. The summed E-state index contributed by atoms with van der Waals surface area (Å²) in [5.41, 5.74) is 14.4. The van der Waals surface area contributed by atoms with Gasteiger partial charge in [0.25, 0.3) is 5.24 Å². The SMILES string of the molecule is CCCCCc1c2nc(c(CCCCC)c3ccc([nH]3)c(-c3ccc(SC(=O)NCC)cc3)c3nc(c(CCCCC)c4ccc1[nH]4)C=C3)C=C2. The largest absolute Gasteiger partial charge is 0.355 e. The van der Waals surface area contributed by atoms with E-state index in [-0.39, 0.29) is 5.24 Å². The minimum absolute atomic E-state index is 0.0429. The Morgan fingerprint density at radius 1 is 0.569 bits per heavy atom. The molecule has 5 heterocycles. The maximum Gasteiger partial charge on any atom is 0.283 e. The number of benzene rings is 1. The molecule has 51 heavy (non-hydrogen) atoms. The monoisotopic (exact) mass is 699 g/mol. The van der Waals surface area contributed by atoms with E-state index in [4.69, 9.17) is 9.97 Å². The standard InChI is InChI=1S/C44H53N5OS/c1-5-9-12-15-32-35-22-24-37(46-35)33(16-13-10-6-2)39-26-28-41(48-39)43(30-18-20-31(21-19-30)51-44(50)45-8-4)42-29-27-40(49-42)34(17-14-11-7-3)38-25-23-36(32)47-38/h18-29,46,49H,5-17H2,1-4H3,(H,45,50). The fourth-order valence-corrected chi connectivity index (χ4v) is 7.81. The number of unbranched alkanes of at least 4 members (excludes halogenated alkanes) is 6. The van der Waals surface area contributed by atoms with Crippen LogP contribution in [0.25, 0.3) is 57.5 Å². The zero-order valence-corrected chi connectivity index (χ0v) is 31.6. The molecule has 0 saturated carbocycles. The van der Waals surface area contributed by atoms with Crippen LogP contribution >= 0.6 is 11.8 Å². The van der Waals surface area contributed by atoms with Crippen molar-refractivity contribution in [3.8, 4) is 11.1 Å². The van der Waals surface area contributed by atoms with Crippen LogP contribution in [0.3, 0.4) is 0 Å². The Hall–Kier alpha value is -4.36. The van der Waals surface area contributed by atoms with Crippen LogP contribution in [0.4, 0.5) is 4.79 Å². The molecule has 6 nitrogen and oxygen atoms in total. The molecule has 266 valence electrons. The highest BCUT2D eigenvalue weighted by Gasteiger charge is 2.17. The van der Waals surface area contributed by atoms with Gasteiger partial charge in [0.05, 0.1) is 22.8 Å². The van der Waals surface area contributed by atoms with Crippen molar-refractivity contribution in [3.63, 3.8) is 0 Å². The lowest BCUT2D eigenvalue weighted by Crippen LogP contribution is -2.16. The third kappa shape index (κ3) is 8.75. The van der Waals surface area contributed by atoms with Crippen LogP contribution in [0.1, 0.15) is 125 Å². The molecule has 2 aliphatic rings. The van der Waals surface area contributed by atoms with Crippen molar-refractivity contribution >= 4 is 63.4 Å². The molecule has 2 aliphatic heterocycles. The number of thioether (sulfide) groups is 1. The normalized spacial score (nSPS) is 12.2. The zero-order valence-electron chi connectivity index (χ0n) is 30.8. The number of hydrogen-bond donors (Lipinski definition) is 3. The van der Waals surface area contributed by atoms with Gasteiger partial charge in [0.1, 0.15) is 0 Å². The van der Waals surface area contributed by atoms with Gasteiger partial charge in [-0.2, -0.15) is 0 Å². The van der Waals surface area contributed by atoms with Crippen molar-refractivity contribution in [3.05, 3.63) is 88.0 Å². The third-order valence-electron chi connectivity index (χ3n) is 9.85. The minimum atomic E-state index is -0.0429. The third-order valence-corrected chi connectivity index (χ3v) is 10.7. The van der Waals surface area contributed by atoms with Crippen molar-refractivity contribution in [1.29, 1.82) is 0 Å². The number of H-pyrrole nitrogens is 2. The number of rotatable bonds is 15. The number of aromatic nitrogens is 4. The van der Waals surface area contributed by atoms with Crippen molar-refractivity contribution in [2.24, 2.45) is 0 Å². The molecular formula is C44H53N5OS. The van der Waals surface area contributed by atoms with Crippen molar-refractivity contribution in [1.82, 2.24) is 25.3 Å². The van der Waals surface area contributed by atoms with Crippen LogP contribution in [0, 0.1) is 0 Å². The Morgan fingerprint density at radius 2 is 1.00 bits per heavy atom. The van der Waals surface area contributed by atoms with E-state index in [1.54, 1.807) is 0 Å². The molecule has 0 fully saturated rings. The average molecular weight is 700 g/mol. The second-order valence-corrected chi connectivity index (χ2v) is 14.7. The number of aromatic amines is 2. The van der Waals surface area contributed by atoms with Crippen LogP contribution in [0.5, 0.6) is 0 Å². The number of nitrogens with zero attached hydrogens (tertiary/aromatic N) is 2. The highest BCUT2D eigenvalue weighted by molar-refractivity contribution is 8.13. The number of amides is 1. The first kappa shape index (κ1) is 36.4. The summed E-state index contributed by atoms with van der Waals surface area (Å²) in [4.78, 5) is 31.7. The molecule has 0 aliphatic carbocycles. The minimum Gasteiger partial charge on any atom is -0.355 e. The number of nitrogens with one attached hydrogen (secondary N) is 3. The van der Waals surface area contributed by atoms with Crippen LogP contribution in [-0.4, -0.2) is 31.7 Å². The summed E-state index contributed by atoms with van der Waals surface area (Å²) < 4.78 is 0. The van der Waals surface area contributed by atoms with E-state index >= 15 is 0 Å². The first-order valence-corrected chi connectivity index (χ1v) is 20.0. The highest BCUT2D eigenvalue weighted by atomic mass is 32.2. The van der Waals surface area contributed by atoms with Gasteiger partial charge in [-0.15, -0.1) is 0 Å². The summed E-state index contributed by atoms with van der Waals surface area (Å²) in [5.74, 6) is 0. The Balaban J connectivity index is 1.63. The van der Waals surface area contributed by atoms with Gasteiger partial charge in [-0.1, -0.05) is 71.4 Å². The van der Waals surface area contributed by atoms with E-state index in [1.807, 2.05) is 19.1 Å². The van der Waals surface area contributed by atoms with Crippen molar-refractivity contribution < 1.29 is 4.79 Å². The smallest absolute Gasteiger partial charge is 0.283 e. The van der Waals surface area contributed by atoms with E-state index in [9.17, 15) is 4.79 Å². The molecule has 0 radical (unpaired) electrons. The number of fused-ring (bicyclic) bond motifs is 8. The van der Waals surface area contributed by atoms with Crippen molar-refractivity contribution in [2.45, 2.75) is 110 Å². The predicted octanol–water partition coefficient (Wildman–Crippen LogP) is 12.3. The van der Waals surface area contributed by atoms with E-state index in [0.29, 0.717) is 6.54 Å². The number of hydrogen-bond acceptors (Lipinski definition) is 4. The zero-order chi connectivity index (χ0) is 35.6. The summed E-state index contributed by atoms with van der Waals surface area (Å²) in [7, 11) is 0. The molecule has 0 unspecified atom stereocenters. The lowest BCUT2D eigenvalue weighted by atomic mass is 10.0. The molecule has 7 heteroatoms. The second kappa shape index (κ2) is 17.7. The fraction of sp³-hybridized carbons (Fsp3) is 0.386. The first-order chi connectivity index (χ1) is 25.0. The lowest BCUT2D eigenvalue weighted by Gasteiger charge is -2.07. The molecule has 0 atom stereocenters. The van der Waals surface area contributed by atoms with Crippen molar-refractivity contribution in [2.75, 3.05) is 6.54 Å². The molecule has 0 spiro atoms. The van der Waals surface area contributed by atoms with E-state index < -0.39 is 0 Å². The van der Waals surface area contributed by atoms with Crippen LogP contribution in [0.2, 0.25) is 0 Å². The average Bonchev–Trinajstić information content (AvgIpc) is 3.97. The molecular weight excluding hydrogens is 647 g/mol. The Bertz CT molecular complexity index is 2040. The summed E-state index contributed by atoms with van der Waals surface area (Å²) >= 11 is 1.22. The quantitative estimate of drug-likeness (QED) is 0.0735. The molecule has 0 saturated heterocycles. The van der Waals surface area contributed by atoms with Gasteiger partial charge in [-0.25, -0.2) is 9.97 Å². The van der Waals surface area contributed by atoms with Gasteiger partial charge < -0.3 is 15.3 Å². The molecule has 1 aromatic carbocycles. The van der Waals surface area contributed by atoms with Crippen LogP contribution in [-0.2, 0) is 19.3 Å². The number of aryl methyl sites for hydroxylation is 3. The highest BCUT2D eigenvalue weighted by Crippen LogP contribution is 2.34. The van der Waals surface area contributed by atoms with E-state index in [1.165, 1.54) is 67.0 Å². The summed E-state index contributed by atoms with van der Waals surface area (Å²) in [6, 6.07) is 17.2. The van der Waals surface area contributed by atoms with Gasteiger partial charge in [0.15, 0.2) is 0 Å². The predicted molar refractivity (Wildman–Crippen MR) is 219 cm³/mol. The fourth-order valence-electron chi connectivity index (χ4n) is 7.11.